The average Bonchev–Trinajstić information content (AvgIpc) is 2.54. The number of rotatable bonds is 4. The Labute approximate surface area is 131 Å². The van der Waals surface area contributed by atoms with Gasteiger partial charge in [0.2, 0.25) is 5.91 Å². The normalized spacial score (nSPS) is 15.8. The number of nitrogens with zero attached hydrogens (tertiary/aromatic N) is 2. The molecule has 1 saturated carbocycles. The molecule has 0 unspecified atom stereocenters. The van der Waals surface area contributed by atoms with Gasteiger partial charge in [-0.1, -0.05) is 56.3 Å². The molecule has 3 nitrogen and oxygen atoms in total. The lowest BCUT2D eigenvalue weighted by molar-refractivity contribution is -0.129. The molecule has 1 aromatic rings. The van der Waals surface area contributed by atoms with Crippen LogP contribution < -0.4 is 0 Å². The molecule has 1 aromatic carbocycles. The van der Waals surface area contributed by atoms with Crippen molar-refractivity contribution in [1.82, 2.24) is 4.31 Å². The number of hydrogen-bond donors (Lipinski definition) is 1. The molecule has 0 heterocycles. The number of carbonyl (C=O) groups is 1. The Morgan fingerprint density at radius 2 is 2.05 bits per heavy atom. The second kappa shape index (κ2) is 7.90. The summed E-state index contributed by atoms with van der Waals surface area (Å²) in [6, 6.07) is 9.85. The minimum absolute atomic E-state index is 0.0760. The Balaban J connectivity index is 2.03. The highest BCUT2D eigenvalue weighted by atomic mass is 32.1. The van der Waals surface area contributed by atoms with Crippen molar-refractivity contribution in [2.75, 3.05) is 0 Å². The van der Waals surface area contributed by atoms with Gasteiger partial charge in [-0.3, -0.25) is 9.10 Å². The Hall–Kier alpha value is -1.73. The number of amides is 1. The Kier molecular flexibility index (Phi) is 5.89. The quantitative estimate of drug-likeness (QED) is 0.855. The lowest BCUT2D eigenvalue weighted by Crippen LogP contribution is -2.27. The molecule has 0 saturated heterocycles. The lowest BCUT2D eigenvalue weighted by atomic mass is 9.89. The van der Waals surface area contributed by atoms with Crippen LogP contribution in [0.15, 0.2) is 30.5 Å². The highest BCUT2D eigenvalue weighted by Gasteiger charge is 2.23. The van der Waals surface area contributed by atoms with Gasteiger partial charge in [0.15, 0.2) is 0 Å². The number of thiol groups is 1. The number of hydrogen-bond acceptors (Lipinski definition) is 3. The van der Waals surface area contributed by atoms with Gasteiger partial charge < -0.3 is 0 Å². The van der Waals surface area contributed by atoms with Crippen LogP contribution in [0.4, 0.5) is 0 Å². The van der Waals surface area contributed by atoms with Gasteiger partial charge in [-0.05, 0) is 30.0 Å². The summed E-state index contributed by atoms with van der Waals surface area (Å²) in [5, 5.41) is 8.83. The van der Waals surface area contributed by atoms with Crippen molar-refractivity contribution in [3.63, 3.8) is 0 Å². The third-order valence-corrected chi connectivity index (χ3v) is 4.23. The van der Waals surface area contributed by atoms with E-state index in [9.17, 15) is 4.79 Å². The van der Waals surface area contributed by atoms with Crippen LogP contribution >= 0.6 is 12.8 Å². The van der Waals surface area contributed by atoms with E-state index in [1.165, 1.54) is 10.7 Å². The van der Waals surface area contributed by atoms with Gasteiger partial charge in [0.05, 0.1) is 12.5 Å². The molecule has 1 aliphatic carbocycles. The zero-order valence-electron chi connectivity index (χ0n) is 12.0. The van der Waals surface area contributed by atoms with E-state index < -0.39 is 0 Å². The van der Waals surface area contributed by atoms with Crippen LogP contribution in [0.3, 0.4) is 0 Å². The summed E-state index contributed by atoms with van der Waals surface area (Å²) >= 11 is 4.28. The second-order valence-electron chi connectivity index (χ2n) is 5.37. The SMILES string of the molecule is N#CCc1ccccc1C=CN(S)C(=O)C1CCCCC1. The van der Waals surface area contributed by atoms with Crippen LogP contribution in [-0.4, -0.2) is 10.2 Å². The van der Waals surface area contributed by atoms with Crippen molar-refractivity contribution in [2.45, 2.75) is 38.5 Å². The fourth-order valence-electron chi connectivity index (χ4n) is 2.70. The maximum absolute atomic E-state index is 12.3. The predicted molar refractivity (Wildman–Crippen MR) is 87.2 cm³/mol. The minimum atomic E-state index is 0.0760. The molecule has 110 valence electrons. The first-order chi connectivity index (χ1) is 10.2. The summed E-state index contributed by atoms with van der Waals surface area (Å²) in [6.07, 6.45) is 9.33. The highest BCUT2D eigenvalue weighted by molar-refractivity contribution is 7.78. The van der Waals surface area contributed by atoms with Crippen molar-refractivity contribution in [3.05, 3.63) is 41.6 Å². The van der Waals surface area contributed by atoms with E-state index in [1.54, 1.807) is 6.20 Å². The van der Waals surface area contributed by atoms with E-state index in [0.29, 0.717) is 6.42 Å². The van der Waals surface area contributed by atoms with Crippen LogP contribution in [0.5, 0.6) is 0 Å². The zero-order valence-corrected chi connectivity index (χ0v) is 12.9. The standard InChI is InChI=1S/C17H20N2OS/c18-12-10-14-6-4-5-7-15(14)11-13-19(21)17(20)16-8-2-1-3-9-16/h4-7,11,13,16,21H,1-3,8-10H2. The van der Waals surface area contributed by atoms with Gasteiger partial charge in [0.25, 0.3) is 0 Å². The van der Waals surface area contributed by atoms with E-state index >= 15 is 0 Å². The van der Waals surface area contributed by atoms with Gasteiger partial charge in [-0.2, -0.15) is 5.26 Å². The smallest absolute Gasteiger partial charge is 0.239 e. The molecule has 21 heavy (non-hydrogen) atoms. The summed E-state index contributed by atoms with van der Waals surface area (Å²) in [6.45, 7) is 0. The molecule has 1 aliphatic rings. The largest absolute Gasteiger partial charge is 0.273 e. The van der Waals surface area contributed by atoms with E-state index in [4.69, 9.17) is 5.26 Å². The predicted octanol–water partition coefficient (Wildman–Crippen LogP) is 3.98. The van der Waals surface area contributed by atoms with Crippen molar-refractivity contribution >= 4 is 24.8 Å². The molecule has 4 heteroatoms. The molecule has 0 aliphatic heterocycles. The summed E-state index contributed by atoms with van der Waals surface area (Å²) in [5.74, 6) is 0.183. The van der Waals surface area contributed by atoms with Gasteiger partial charge in [0.1, 0.15) is 0 Å². The van der Waals surface area contributed by atoms with Crippen molar-refractivity contribution < 1.29 is 4.79 Å². The lowest BCUT2D eigenvalue weighted by Gasteiger charge is -2.23. The summed E-state index contributed by atoms with van der Waals surface area (Å²) in [7, 11) is 0. The topological polar surface area (TPSA) is 44.1 Å². The monoisotopic (exact) mass is 300 g/mol. The zero-order chi connectivity index (χ0) is 15.1. The fourth-order valence-corrected chi connectivity index (χ4v) is 2.93. The third kappa shape index (κ3) is 4.37. The fraction of sp³-hybridized carbons (Fsp3) is 0.412. The maximum atomic E-state index is 12.3. The van der Waals surface area contributed by atoms with Crippen LogP contribution in [-0.2, 0) is 11.2 Å². The Morgan fingerprint density at radius 1 is 1.33 bits per heavy atom. The molecule has 0 radical (unpaired) electrons. The van der Waals surface area contributed by atoms with Gasteiger partial charge in [0, 0.05) is 12.1 Å². The van der Waals surface area contributed by atoms with Gasteiger partial charge in [-0.25, -0.2) is 0 Å². The van der Waals surface area contributed by atoms with E-state index in [-0.39, 0.29) is 11.8 Å². The molecular formula is C17H20N2OS. The summed E-state index contributed by atoms with van der Waals surface area (Å²) in [5.41, 5.74) is 1.91. The summed E-state index contributed by atoms with van der Waals surface area (Å²) < 4.78 is 1.39. The van der Waals surface area contributed by atoms with Gasteiger partial charge >= 0.3 is 0 Å². The minimum Gasteiger partial charge on any atom is -0.273 e. The van der Waals surface area contributed by atoms with Crippen molar-refractivity contribution in [2.24, 2.45) is 5.92 Å². The van der Waals surface area contributed by atoms with Crippen molar-refractivity contribution in [3.8, 4) is 6.07 Å². The molecule has 1 amide bonds. The molecule has 1 fully saturated rings. The summed E-state index contributed by atoms with van der Waals surface area (Å²) in [4.78, 5) is 12.3. The first-order valence-corrected chi connectivity index (χ1v) is 7.77. The number of benzene rings is 1. The number of carbonyl (C=O) groups excluding carboxylic acids is 1. The van der Waals surface area contributed by atoms with Crippen LogP contribution in [0.2, 0.25) is 0 Å². The third-order valence-electron chi connectivity index (χ3n) is 3.90. The van der Waals surface area contributed by atoms with E-state index in [2.05, 4.69) is 18.9 Å². The molecule has 0 N–H and O–H groups in total. The average molecular weight is 300 g/mol. The van der Waals surface area contributed by atoms with Crippen molar-refractivity contribution in [1.29, 1.82) is 5.26 Å². The van der Waals surface area contributed by atoms with Crippen LogP contribution in [0, 0.1) is 17.2 Å². The maximum Gasteiger partial charge on any atom is 0.239 e. The van der Waals surface area contributed by atoms with Crippen LogP contribution in [0.1, 0.15) is 43.2 Å². The molecule has 2 rings (SSSR count). The highest BCUT2D eigenvalue weighted by Crippen LogP contribution is 2.26. The number of nitriles is 1. The first-order valence-electron chi connectivity index (χ1n) is 7.37. The molecule has 0 atom stereocenters. The van der Waals surface area contributed by atoms with Gasteiger partial charge in [-0.15, -0.1) is 0 Å². The second-order valence-corrected chi connectivity index (χ2v) is 5.80. The Bertz CT molecular complexity index is 556. The van der Waals surface area contributed by atoms with E-state index in [0.717, 1.165) is 36.8 Å². The molecule has 0 bridgehead atoms. The molecule has 0 aromatic heterocycles. The molecule has 0 spiro atoms. The Morgan fingerprint density at radius 3 is 2.76 bits per heavy atom. The van der Waals surface area contributed by atoms with E-state index in [1.807, 2.05) is 30.3 Å². The van der Waals surface area contributed by atoms with Crippen LogP contribution in [0.25, 0.3) is 6.08 Å². The first kappa shape index (κ1) is 15.7. The molecular weight excluding hydrogens is 280 g/mol.